The highest BCUT2D eigenvalue weighted by atomic mass is 16.5. The van der Waals surface area contributed by atoms with Gasteiger partial charge >= 0.3 is 0 Å². The van der Waals surface area contributed by atoms with Crippen molar-refractivity contribution in [2.45, 2.75) is 32.1 Å². The van der Waals surface area contributed by atoms with E-state index in [1.165, 1.54) is 0 Å². The Bertz CT molecular complexity index is 1120. The largest absolute Gasteiger partial charge is 0.379 e. The number of hydrogen-bond donors (Lipinski definition) is 1. The molecule has 9 nitrogen and oxygen atoms in total. The fraction of sp³-hybridized carbons (Fsp3) is 0.500. The maximum absolute atomic E-state index is 12.2. The molecule has 2 fully saturated rings. The molecule has 1 unspecified atom stereocenters. The summed E-state index contributed by atoms with van der Waals surface area (Å²) in [5.41, 5.74) is 3.37. The first-order chi connectivity index (χ1) is 17.0. The second-order valence-electron chi connectivity index (χ2n) is 9.44. The minimum absolute atomic E-state index is 0.00481. The third kappa shape index (κ3) is 4.51. The number of benzene rings is 1. The van der Waals surface area contributed by atoms with Gasteiger partial charge < -0.3 is 24.6 Å². The van der Waals surface area contributed by atoms with Gasteiger partial charge in [-0.1, -0.05) is 12.1 Å². The number of morpholine rings is 2. The van der Waals surface area contributed by atoms with Crippen LogP contribution in [0.5, 0.6) is 0 Å². The highest BCUT2D eigenvalue weighted by Gasteiger charge is 2.39. The fourth-order valence-electron chi connectivity index (χ4n) is 5.16. The molecule has 0 saturated carbocycles. The standard InChI is InChI=1S/C26H34N6O3/c1-17-15-34-12-10-31(17)25-21-8-9-22(19-6-5-7-20(14-19)24(33)27-3)28-23(21)29-26(30(25)4)32-11-13-35-16-18(32)2/h5-9,14,17-18,25H,10-13,15-16H2,1-4H3,(H,27,33)/t17-,18-,25?/m0/s1. The molecule has 9 heteroatoms. The van der Waals surface area contributed by atoms with Crippen molar-refractivity contribution in [3.63, 3.8) is 0 Å². The number of ether oxygens (including phenoxy) is 2. The average Bonchev–Trinajstić information content (AvgIpc) is 2.89. The van der Waals surface area contributed by atoms with Gasteiger partial charge in [0.25, 0.3) is 5.91 Å². The van der Waals surface area contributed by atoms with Crippen LogP contribution in [0.1, 0.15) is 35.9 Å². The van der Waals surface area contributed by atoms with Crippen LogP contribution in [0.3, 0.4) is 0 Å². The van der Waals surface area contributed by atoms with Gasteiger partial charge in [0.2, 0.25) is 5.96 Å². The van der Waals surface area contributed by atoms with Crippen LogP contribution < -0.4 is 5.32 Å². The van der Waals surface area contributed by atoms with E-state index in [0.717, 1.165) is 41.7 Å². The lowest BCUT2D eigenvalue weighted by atomic mass is 10.0. The minimum Gasteiger partial charge on any atom is -0.379 e. The van der Waals surface area contributed by atoms with Crippen molar-refractivity contribution in [1.29, 1.82) is 0 Å². The summed E-state index contributed by atoms with van der Waals surface area (Å²) in [6.07, 6.45) is 0.00481. The summed E-state index contributed by atoms with van der Waals surface area (Å²) in [5, 5.41) is 2.69. The SMILES string of the molecule is CNC(=O)c1cccc(-c2ccc3c(n2)N=C(N2CCOC[C@@H]2C)N(C)C3N2CCOC[C@@H]2C)c1. The molecule has 1 aromatic carbocycles. The van der Waals surface area contributed by atoms with Gasteiger partial charge in [-0.25, -0.2) is 4.98 Å². The zero-order valence-electron chi connectivity index (χ0n) is 20.9. The van der Waals surface area contributed by atoms with Gasteiger partial charge in [-0.05, 0) is 38.1 Å². The van der Waals surface area contributed by atoms with Crippen LogP contribution in [0.2, 0.25) is 0 Å². The molecule has 3 aliphatic rings. The fourth-order valence-corrected chi connectivity index (χ4v) is 5.16. The monoisotopic (exact) mass is 478 g/mol. The van der Waals surface area contributed by atoms with E-state index in [-0.39, 0.29) is 24.2 Å². The quantitative estimate of drug-likeness (QED) is 0.726. The number of aromatic nitrogens is 1. The van der Waals surface area contributed by atoms with Gasteiger partial charge in [0.05, 0.1) is 38.2 Å². The summed E-state index contributed by atoms with van der Waals surface area (Å²) in [4.78, 5) is 29.4. The Morgan fingerprint density at radius 3 is 2.57 bits per heavy atom. The first kappa shape index (κ1) is 23.7. The Balaban J connectivity index is 1.59. The summed E-state index contributed by atoms with van der Waals surface area (Å²) < 4.78 is 11.4. The first-order valence-corrected chi connectivity index (χ1v) is 12.3. The van der Waals surface area contributed by atoms with Crippen LogP contribution in [0, 0.1) is 0 Å². The Labute approximate surface area is 206 Å². The molecule has 0 radical (unpaired) electrons. The second-order valence-corrected chi connectivity index (χ2v) is 9.44. The number of fused-ring (bicyclic) bond motifs is 1. The molecule has 5 rings (SSSR count). The number of carbonyl (C=O) groups is 1. The zero-order valence-corrected chi connectivity index (χ0v) is 20.9. The summed E-state index contributed by atoms with van der Waals surface area (Å²) in [6.45, 7) is 8.80. The molecular formula is C26H34N6O3. The predicted molar refractivity (Wildman–Crippen MR) is 135 cm³/mol. The van der Waals surface area contributed by atoms with Gasteiger partial charge in [0, 0.05) is 49.9 Å². The number of carbonyl (C=O) groups excluding carboxylic acids is 1. The Morgan fingerprint density at radius 1 is 1.06 bits per heavy atom. The number of rotatable bonds is 3. The molecule has 1 amide bonds. The Kier molecular flexibility index (Phi) is 6.73. The molecule has 3 aliphatic heterocycles. The van der Waals surface area contributed by atoms with Crippen molar-refractivity contribution in [2.75, 3.05) is 53.6 Å². The number of amides is 1. The van der Waals surface area contributed by atoms with E-state index in [1.807, 2.05) is 30.3 Å². The average molecular weight is 479 g/mol. The van der Waals surface area contributed by atoms with E-state index in [9.17, 15) is 4.79 Å². The van der Waals surface area contributed by atoms with E-state index < -0.39 is 0 Å². The van der Waals surface area contributed by atoms with E-state index in [2.05, 4.69) is 47.0 Å². The first-order valence-electron chi connectivity index (χ1n) is 12.3. The summed E-state index contributed by atoms with van der Waals surface area (Å²) in [6, 6.07) is 12.2. The normalized spacial score (nSPS) is 25.1. The van der Waals surface area contributed by atoms with Crippen molar-refractivity contribution < 1.29 is 14.3 Å². The second kappa shape index (κ2) is 9.93. The number of nitrogens with one attached hydrogen (secondary N) is 1. The lowest BCUT2D eigenvalue weighted by Gasteiger charge is -2.49. The topological polar surface area (TPSA) is 82.5 Å². The molecule has 1 N–H and O–H groups in total. The highest BCUT2D eigenvalue weighted by molar-refractivity contribution is 5.95. The van der Waals surface area contributed by atoms with Crippen molar-refractivity contribution in [3.05, 3.63) is 47.5 Å². The lowest BCUT2D eigenvalue weighted by Crippen LogP contribution is -2.58. The lowest BCUT2D eigenvalue weighted by molar-refractivity contribution is -0.0530. The molecule has 4 heterocycles. The molecule has 186 valence electrons. The van der Waals surface area contributed by atoms with Crippen LogP contribution in [-0.2, 0) is 9.47 Å². The molecule has 1 aromatic heterocycles. The number of guanidine groups is 1. The summed E-state index contributed by atoms with van der Waals surface area (Å²) in [5.74, 6) is 1.53. The molecule has 2 saturated heterocycles. The third-order valence-corrected chi connectivity index (χ3v) is 7.08. The number of hydrogen-bond acceptors (Lipinski definition) is 8. The smallest absolute Gasteiger partial charge is 0.251 e. The van der Waals surface area contributed by atoms with Gasteiger partial charge in [-0.2, -0.15) is 4.99 Å². The van der Waals surface area contributed by atoms with E-state index in [4.69, 9.17) is 19.5 Å². The Morgan fingerprint density at radius 2 is 1.83 bits per heavy atom. The molecule has 0 aliphatic carbocycles. The van der Waals surface area contributed by atoms with Crippen molar-refractivity contribution in [1.82, 2.24) is 25.0 Å². The summed E-state index contributed by atoms with van der Waals surface area (Å²) in [7, 11) is 3.76. The molecule has 0 spiro atoms. The van der Waals surface area contributed by atoms with Gasteiger partial charge in [-0.15, -0.1) is 0 Å². The molecule has 3 atom stereocenters. The molecule has 0 bridgehead atoms. The number of pyridine rings is 1. The zero-order chi connectivity index (χ0) is 24.5. The highest BCUT2D eigenvalue weighted by Crippen LogP contribution is 2.39. The van der Waals surface area contributed by atoms with Crippen LogP contribution in [-0.4, -0.2) is 97.2 Å². The van der Waals surface area contributed by atoms with E-state index in [0.29, 0.717) is 32.0 Å². The molecular weight excluding hydrogens is 444 g/mol. The van der Waals surface area contributed by atoms with Crippen LogP contribution in [0.4, 0.5) is 5.82 Å². The molecule has 2 aromatic rings. The maximum atomic E-state index is 12.2. The van der Waals surface area contributed by atoms with Crippen molar-refractivity contribution in [2.24, 2.45) is 4.99 Å². The van der Waals surface area contributed by atoms with Crippen LogP contribution in [0.25, 0.3) is 11.3 Å². The van der Waals surface area contributed by atoms with Crippen LogP contribution in [0.15, 0.2) is 41.4 Å². The molecule has 35 heavy (non-hydrogen) atoms. The van der Waals surface area contributed by atoms with Crippen molar-refractivity contribution >= 4 is 17.7 Å². The van der Waals surface area contributed by atoms with E-state index >= 15 is 0 Å². The van der Waals surface area contributed by atoms with Gasteiger partial charge in [-0.3, -0.25) is 9.69 Å². The van der Waals surface area contributed by atoms with Gasteiger partial charge in [0.15, 0.2) is 5.82 Å². The van der Waals surface area contributed by atoms with Gasteiger partial charge in [0.1, 0.15) is 6.17 Å². The predicted octanol–water partition coefficient (Wildman–Crippen LogP) is 2.48. The number of nitrogens with zero attached hydrogens (tertiary/aromatic N) is 5. The number of aliphatic imine (C=N–C) groups is 1. The van der Waals surface area contributed by atoms with E-state index in [1.54, 1.807) is 7.05 Å². The Hall–Kier alpha value is -3.01. The van der Waals surface area contributed by atoms with Crippen LogP contribution >= 0.6 is 0 Å². The maximum Gasteiger partial charge on any atom is 0.251 e. The summed E-state index contributed by atoms with van der Waals surface area (Å²) >= 11 is 0. The minimum atomic E-state index is -0.116. The van der Waals surface area contributed by atoms with Crippen molar-refractivity contribution in [3.8, 4) is 11.3 Å². The third-order valence-electron chi connectivity index (χ3n) is 7.08.